The number of carbonyl (C=O) groups excluding carboxylic acids is 2. The Kier molecular flexibility index (Phi) is 8.25. The van der Waals surface area contributed by atoms with E-state index in [0.717, 1.165) is 0 Å². The van der Waals surface area contributed by atoms with E-state index < -0.39 is 0 Å². The first-order valence-corrected chi connectivity index (χ1v) is 8.99. The highest BCUT2D eigenvalue weighted by molar-refractivity contribution is 6.32. The molecule has 0 aromatic heterocycles. The SMILES string of the molecule is O=C(CCCOc1ccccc1Cl)NCCNC(=O)c1cccc(Cl)c1. The Labute approximate surface area is 162 Å². The molecule has 26 heavy (non-hydrogen) atoms. The van der Waals surface area contributed by atoms with Gasteiger partial charge in [0.25, 0.3) is 5.91 Å². The number of halogens is 2. The van der Waals surface area contributed by atoms with Crippen LogP contribution in [0.1, 0.15) is 23.2 Å². The molecule has 0 spiro atoms. The average molecular weight is 395 g/mol. The molecule has 2 aromatic carbocycles. The van der Waals surface area contributed by atoms with Crippen molar-refractivity contribution < 1.29 is 14.3 Å². The fourth-order valence-corrected chi connectivity index (χ4v) is 2.56. The Morgan fingerprint density at radius 1 is 0.962 bits per heavy atom. The number of para-hydroxylation sites is 1. The summed E-state index contributed by atoms with van der Waals surface area (Å²) < 4.78 is 5.52. The maximum absolute atomic E-state index is 11.9. The zero-order valence-electron chi connectivity index (χ0n) is 14.1. The van der Waals surface area contributed by atoms with Crippen molar-refractivity contribution in [1.82, 2.24) is 10.6 Å². The summed E-state index contributed by atoms with van der Waals surface area (Å²) in [4.78, 5) is 23.7. The number of carbonyl (C=O) groups is 2. The van der Waals surface area contributed by atoms with E-state index in [1.165, 1.54) is 0 Å². The van der Waals surface area contributed by atoms with Gasteiger partial charge >= 0.3 is 0 Å². The molecule has 0 saturated carbocycles. The van der Waals surface area contributed by atoms with E-state index >= 15 is 0 Å². The Morgan fingerprint density at radius 3 is 2.50 bits per heavy atom. The Balaban J connectivity index is 1.56. The number of benzene rings is 2. The van der Waals surface area contributed by atoms with Gasteiger partial charge in [-0.05, 0) is 36.8 Å². The second kappa shape index (κ2) is 10.7. The van der Waals surface area contributed by atoms with E-state index in [4.69, 9.17) is 27.9 Å². The highest BCUT2D eigenvalue weighted by atomic mass is 35.5. The van der Waals surface area contributed by atoms with E-state index in [-0.39, 0.29) is 11.8 Å². The van der Waals surface area contributed by atoms with Crippen LogP contribution in [0.3, 0.4) is 0 Å². The van der Waals surface area contributed by atoms with Gasteiger partial charge in [-0.25, -0.2) is 0 Å². The van der Waals surface area contributed by atoms with Crippen molar-refractivity contribution in [1.29, 1.82) is 0 Å². The van der Waals surface area contributed by atoms with Crippen molar-refractivity contribution in [2.24, 2.45) is 0 Å². The molecular weight excluding hydrogens is 375 g/mol. The second-order valence-electron chi connectivity index (χ2n) is 5.50. The van der Waals surface area contributed by atoms with Crippen LogP contribution in [0.5, 0.6) is 5.75 Å². The predicted octanol–water partition coefficient (Wildman–Crippen LogP) is 3.70. The number of hydrogen-bond donors (Lipinski definition) is 2. The van der Waals surface area contributed by atoms with Crippen molar-refractivity contribution in [3.8, 4) is 5.75 Å². The van der Waals surface area contributed by atoms with Gasteiger partial charge in [-0.15, -0.1) is 0 Å². The fraction of sp³-hybridized carbons (Fsp3) is 0.263. The lowest BCUT2D eigenvalue weighted by Gasteiger charge is -2.09. The molecule has 2 aromatic rings. The van der Waals surface area contributed by atoms with Gasteiger partial charge in [0.15, 0.2) is 0 Å². The highest BCUT2D eigenvalue weighted by Crippen LogP contribution is 2.23. The fourth-order valence-electron chi connectivity index (χ4n) is 2.17. The lowest BCUT2D eigenvalue weighted by molar-refractivity contribution is -0.121. The van der Waals surface area contributed by atoms with Gasteiger partial charge in [0, 0.05) is 30.1 Å². The molecule has 7 heteroatoms. The molecule has 0 aliphatic carbocycles. The maximum Gasteiger partial charge on any atom is 0.251 e. The molecule has 0 fully saturated rings. The number of ether oxygens (including phenoxy) is 1. The quantitative estimate of drug-likeness (QED) is 0.637. The summed E-state index contributed by atoms with van der Waals surface area (Å²) in [6.07, 6.45) is 0.915. The largest absolute Gasteiger partial charge is 0.492 e. The molecule has 0 radical (unpaired) electrons. The second-order valence-corrected chi connectivity index (χ2v) is 6.34. The summed E-state index contributed by atoms with van der Waals surface area (Å²) in [5.74, 6) is 0.290. The van der Waals surface area contributed by atoms with E-state index in [0.29, 0.717) is 53.9 Å². The van der Waals surface area contributed by atoms with Crippen molar-refractivity contribution in [2.75, 3.05) is 19.7 Å². The van der Waals surface area contributed by atoms with Crippen LogP contribution >= 0.6 is 23.2 Å². The van der Waals surface area contributed by atoms with Gasteiger partial charge in [-0.2, -0.15) is 0 Å². The van der Waals surface area contributed by atoms with Crippen LogP contribution in [0.25, 0.3) is 0 Å². The molecule has 0 aliphatic heterocycles. The van der Waals surface area contributed by atoms with Crippen LogP contribution < -0.4 is 15.4 Å². The topological polar surface area (TPSA) is 67.4 Å². The van der Waals surface area contributed by atoms with Crippen molar-refractivity contribution in [3.05, 3.63) is 64.1 Å². The summed E-state index contributed by atoms with van der Waals surface area (Å²) in [6.45, 7) is 1.10. The summed E-state index contributed by atoms with van der Waals surface area (Å²) in [6, 6.07) is 13.9. The van der Waals surface area contributed by atoms with Crippen LogP contribution in [0.15, 0.2) is 48.5 Å². The van der Waals surface area contributed by atoms with Crippen molar-refractivity contribution in [3.63, 3.8) is 0 Å². The van der Waals surface area contributed by atoms with Crippen LogP contribution in [-0.4, -0.2) is 31.5 Å². The molecule has 2 amide bonds. The van der Waals surface area contributed by atoms with Gasteiger partial charge in [0.05, 0.1) is 11.6 Å². The smallest absolute Gasteiger partial charge is 0.251 e. The zero-order chi connectivity index (χ0) is 18.8. The van der Waals surface area contributed by atoms with Crippen LogP contribution in [-0.2, 0) is 4.79 Å². The van der Waals surface area contributed by atoms with Crippen LogP contribution in [0.2, 0.25) is 10.0 Å². The lowest BCUT2D eigenvalue weighted by Crippen LogP contribution is -2.34. The average Bonchev–Trinajstić information content (AvgIpc) is 2.63. The minimum atomic E-state index is -0.227. The third-order valence-electron chi connectivity index (χ3n) is 3.46. The minimum Gasteiger partial charge on any atom is -0.492 e. The van der Waals surface area contributed by atoms with Gasteiger partial charge in [0.2, 0.25) is 5.91 Å². The van der Waals surface area contributed by atoms with Crippen molar-refractivity contribution in [2.45, 2.75) is 12.8 Å². The van der Waals surface area contributed by atoms with Crippen LogP contribution in [0, 0.1) is 0 Å². The minimum absolute atomic E-state index is 0.0928. The summed E-state index contributed by atoms with van der Waals surface area (Å²) in [5, 5.41) is 6.53. The first-order chi connectivity index (χ1) is 12.6. The summed E-state index contributed by atoms with van der Waals surface area (Å²) >= 11 is 11.8. The molecule has 0 atom stereocenters. The first-order valence-electron chi connectivity index (χ1n) is 8.24. The number of hydrogen-bond acceptors (Lipinski definition) is 3. The molecule has 0 saturated heterocycles. The normalized spacial score (nSPS) is 10.2. The third kappa shape index (κ3) is 6.94. The molecule has 2 N–H and O–H groups in total. The standard InChI is InChI=1S/C19H20Cl2N2O3/c20-15-6-3-5-14(13-15)19(25)23-11-10-22-18(24)9-4-12-26-17-8-2-1-7-16(17)21/h1-3,5-8,13H,4,9-12H2,(H,22,24)(H,23,25). The van der Waals surface area contributed by atoms with Gasteiger partial charge < -0.3 is 15.4 Å². The number of rotatable bonds is 9. The van der Waals surface area contributed by atoms with E-state index in [2.05, 4.69) is 10.6 Å². The summed E-state index contributed by atoms with van der Waals surface area (Å²) in [7, 11) is 0. The van der Waals surface area contributed by atoms with E-state index in [1.807, 2.05) is 12.1 Å². The van der Waals surface area contributed by atoms with Gasteiger partial charge in [-0.3, -0.25) is 9.59 Å². The Hall–Kier alpha value is -2.24. The van der Waals surface area contributed by atoms with Crippen molar-refractivity contribution >= 4 is 35.0 Å². The van der Waals surface area contributed by atoms with E-state index in [9.17, 15) is 9.59 Å². The number of amides is 2. The molecule has 0 bridgehead atoms. The molecule has 5 nitrogen and oxygen atoms in total. The number of nitrogens with one attached hydrogen (secondary N) is 2. The Morgan fingerprint density at radius 2 is 1.73 bits per heavy atom. The van der Waals surface area contributed by atoms with Crippen LogP contribution in [0.4, 0.5) is 0 Å². The monoisotopic (exact) mass is 394 g/mol. The Bertz CT molecular complexity index is 753. The highest BCUT2D eigenvalue weighted by Gasteiger charge is 2.06. The lowest BCUT2D eigenvalue weighted by atomic mass is 10.2. The molecule has 138 valence electrons. The molecule has 0 aliphatic rings. The third-order valence-corrected chi connectivity index (χ3v) is 4.01. The first kappa shape index (κ1) is 20.1. The predicted molar refractivity (Wildman–Crippen MR) is 103 cm³/mol. The molecule has 2 rings (SSSR count). The zero-order valence-corrected chi connectivity index (χ0v) is 15.6. The van der Waals surface area contributed by atoms with Gasteiger partial charge in [-0.1, -0.05) is 41.4 Å². The van der Waals surface area contributed by atoms with Gasteiger partial charge in [0.1, 0.15) is 5.75 Å². The maximum atomic E-state index is 11.9. The molecule has 0 heterocycles. The molecular formula is C19H20Cl2N2O3. The van der Waals surface area contributed by atoms with E-state index in [1.54, 1.807) is 36.4 Å². The molecule has 0 unspecified atom stereocenters. The summed E-state index contributed by atoms with van der Waals surface area (Å²) in [5.41, 5.74) is 0.487.